The Morgan fingerprint density at radius 2 is 2.14 bits per heavy atom. The third kappa shape index (κ3) is 3.23. The lowest BCUT2D eigenvalue weighted by Gasteiger charge is -2.16. The average molecular weight is 304 g/mol. The summed E-state index contributed by atoms with van der Waals surface area (Å²) < 4.78 is 17.6. The minimum atomic E-state index is -0.655. The predicted molar refractivity (Wildman–Crippen MR) is 77.7 cm³/mol. The van der Waals surface area contributed by atoms with Crippen molar-refractivity contribution in [3.05, 3.63) is 40.2 Å². The summed E-state index contributed by atoms with van der Waals surface area (Å²) in [6.45, 7) is 5.76. The summed E-state index contributed by atoms with van der Waals surface area (Å²) in [4.78, 5) is 12.6. The largest absolute Gasteiger partial charge is 0.319 e. The summed E-state index contributed by atoms with van der Waals surface area (Å²) in [6.07, 6.45) is 0. The van der Waals surface area contributed by atoms with Crippen LogP contribution in [0.1, 0.15) is 41.7 Å². The number of benzene rings is 1. The zero-order valence-electron chi connectivity index (χ0n) is 11.8. The Balaban J connectivity index is 2.28. The number of aromatic nitrogens is 2. The molecule has 0 bridgehead atoms. The predicted octanol–water partition coefficient (Wildman–Crippen LogP) is 3.10. The topological polar surface area (TPSA) is 78.7 Å². The van der Waals surface area contributed by atoms with Crippen LogP contribution in [0.5, 0.6) is 0 Å². The quantitative estimate of drug-likeness (QED) is 0.924. The molecule has 108 valence electrons. The van der Waals surface area contributed by atoms with Crippen molar-refractivity contribution in [2.45, 2.75) is 26.2 Å². The average Bonchev–Trinajstić information content (AvgIpc) is 2.90. The van der Waals surface area contributed by atoms with Gasteiger partial charge in [-0.2, -0.15) is 5.26 Å². The molecule has 7 heteroatoms. The molecule has 1 N–H and O–H groups in total. The second kappa shape index (κ2) is 5.58. The Morgan fingerprint density at radius 1 is 1.43 bits per heavy atom. The monoisotopic (exact) mass is 304 g/mol. The van der Waals surface area contributed by atoms with Gasteiger partial charge >= 0.3 is 0 Å². The number of carbonyl (C=O) groups is 1. The lowest BCUT2D eigenvalue weighted by atomic mass is 9.91. The number of amides is 1. The first-order valence-corrected chi connectivity index (χ1v) is 6.94. The van der Waals surface area contributed by atoms with Crippen LogP contribution in [0, 0.1) is 17.1 Å². The van der Waals surface area contributed by atoms with Gasteiger partial charge in [0.1, 0.15) is 10.7 Å². The fourth-order valence-corrected chi connectivity index (χ4v) is 2.47. The second-order valence-corrected chi connectivity index (χ2v) is 6.22. The number of nitrogens with one attached hydrogen (secondary N) is 1. The van der Waals surface area contributed by atoms with Gasteiger partial charge in [-0.3, -0.25) is 4.79 Å². The van der Waals surface area contributed by atoms with Crippen molar-refractivity contribution < 1.29 is 9.18 Å². The normalized spacial score (nSPS) is 11.0. The number of anilines is 1. The Labute approximate surface area is 125 Å². The van der Waals surface area contributed by atoms with Crippen molar-refractivity contribution in [2.24, 2.45) is 0 Å². The van der Waals surface area contributed by atoms with Gasteiger partial charge in [0.15, 0.2) is 0 Å². The van der Waals surface area contributed by atoms with E-state index in [1.807, 2.05) is 26.8 Å². The minimum Gasteiger partial charge on any atom is -0.319 e. The van der Waals surface area contributed by atoms with Crippen LogP contribution in [-0.2, 0) is 5.41 Å². The van der Waals surface area contributed by atoms with Crippen molar-refractivity contribution in [1.82, 2.24) is 9.59 Å². The molecule has 1 amide bonds. The summed E-state index contributed by atoms with van der Waals surface area (Å²) in [7, 11) is 0. The van der Waals surface area contributed by atoms with E-state index in [9.17, 15) is 9.18 Å². The number of nitriles is 1. The molecule has 2 rings (SSSR count). The van der Waals surface area contributed by atoms with Crippen molar-refractivity contribution in [3.63, 3.8) is 0 Å². The Morgan fingerprint density at radius 3 is 2.71 bits per heavy atom. The van der Waals surface area contributed by atoms with E-state index in [0.717, 1.165) is 17.6 Å². The Bertz CT molecular complexity index is 727. The maximum atomic E-state index is 13.8. The van der Waals surface area contributed by atoms with Gasteiger partial charge in [0, 0.05) is 5.41 Å². The second-order valence-electron chi connectivity index (χ2n) is 5.46. The summed E-state index contributed by atoms with van der Waals surface area (Å²) >= 11 is 0.969. The number of nitrogens with zero attached hydrogens (tertiary/aromatic N) is 3. The lowest BCUT2D eigenvalue weighted by Crippen LogP contribution is -2.20. The Kier molecular flexibility index (Phi) is 4.00. The van der Waals surface area contributed by atoms with Gasteiger partial charge in [0.25, 0.3) is 5.91 Å². The van der Waals surface area contributed by atoms with Crippen LogP contribution in [0.25, 0.3) is 0 Å². The molecule has 0 atom stereocenters. The zero-order valence-corrected chi connectivity index (χ0v) is 12.6. The maximum Gasteiger partial charge on any atom is 0.269 e. The van der Waals surface area contributed by atoms with Gasteiger partial charge in [0.05, 0.1) is 23.0 Å². The molecule has 0 saturated heterocycles. The van der Waals surface area contributed by atoms with Crippen molar-refractivity contribution in [1.29, 1.82) is 5.26 Å². The van der Waals surface area contributed by atoms with Gasteiger partial charge in [-0.25, -0.2) is 4.39 Å². The number of carbonyl (C=O) groups excluding carboxylic acids is 1. The molecule has 0 aliphatic rings. The molecule has 1 aromatic carbocycles. The molecule has 0 spiro atoms. The summed E-state index contributed by atoms with van der Waals surface area (Å²) in [5.41, 5.74) is 0.453. The molecule has 2 aromatic rings. The summed E-state index contributed by atoms with van der Waals surface area (Å²) in [6, 6.07) is 5.71. The molecular weight excluding hydrogens is 291 g/mol. The van der Waals surface area contributed by atoms with Gasteiger partial charge in [0.2, 0.25) is 0 Å². The molecule has 0 saturated carbocycles. The van der Waals surface area contributed by atoms with E-state index in [2.05, 4.69) is 14.9 Å². The smallest absolute Gasteiger partial charge is 0.269 e. The molecule has 0 fully saturated rings. The highest BCUT2D eigenvalue weighted by molar-refractivity contribution is 7.08. The Hall–Kier alpha value is -2.33. The molecular formula is C14H13FN4OS. The van der Waals surface area contributed by atoms with Crippen molar-refractivity contribution >= 4 is 23.1 Å². The molecule has 21 heavy (non-hydrogen) atoms. The summed E-state index contributed by atoms with van der Waals surface area (Å²) in [5.74, 6) is -1.12. The van der Waals surface area contributed by atoms with Gasteiger partial charge in [-0.1, -0.05) is 25.3 Å². The van der Waals surface area contributed by atoms with E-state index in [0.29, 0.717) is 10.6 Å². The SMILES string of the molecule is CC(C)(C)c1nnsc1C(=O)Nc1ccc(C#N)cc1F. The highest BCUT2D eigenvalue weighted by Gasteiger charge is 2.26. The third-order valence-corrected chi connectivity index (χ3v) is 3.48. The molecule has 0 radical (unpaired) electrons. The van der Waals surface area contributed by atoms with E-state index >= 15 is 0 Å². The first-order chi connectivity index (χ1) is 9.82. The van der Waals surface area contributed by atoms with E-state index in [1.54, 1.807) is 0 Å². The van der Waals surface area contributed by atoms with Crippen LogP contribution >= 0.6 is 11.5 Å². The number of hydrogen-bond donors (Lipinski definition) is 1. The molecule has 0 aliphatic heterocycles. The first-order valence-electron chi connectivity index (χ1n) is 6.17. The van der Waals surface area contributed by atoms with Crippen molar-refractivity contribution in [3.8, 4) is 6.07 Å². The van der Waals surface area contributed by atoms with Crippen LogP contribution in [0.3, 0.4) is 0 Å². The maximum absolute atomic E-state index is 13.8. The summed E-state index contributed by atoms with van der Waals surface area (Å²) in [5, 5.41) is 15.1. The van der Waals surface area contributed by atoms with E-state index < -0.39 is 11.7 Å². The molecule has 0 unspecified atom stereocenters. The van der Waals surface area contributed by atoms with E-state index in [4.69, 9.17) is 5.26 Å². The third-order valence-electron chi connectivity index (χ3n) is 2.75. The van der Waals surface area contributed by atoms with Gasteiger partial charge in [-0.05, 0) is 29.7 Å². The fourth-order valence-electron chi connectivity index (χ4n) is 1.70. The molecule has 1 heterocycles. The lowest BCUT2D eigenvalue weighted by molar-refractivity contribution is 0.102. The number of rotatable bonds is 2. The highest BCUT2D eigenvalue weighted by atomic mass is 32.1. The molecule has 0 aliphatic carbocycles. The molecule has 1 aromatic heterocycles. The number of halogens is 1. The molecule has 5 nitrogen and oxygen atoms in total. The van der Waals surface area contributed by atoms with Crippen LogP contribution in [0.4, 0.5) is 10.1 Å². The minimum absolute atomic E-state index is 0.0206. The standard InChI is InChI=1S/C14H13FN4OS/c1-14(2,3)12-11(21-19-18-12)13(20)17-10-5-4-8(7-16)6-9(10)15/h4-6H,1-3H3,(H,17,20). The van der Waals surface area contributed by atoms with Crippen LogP contribution in [-0.4, -0.2) is 15.5 Å². The van der Waals surface area contributed by atoms with Crippen molar-refractivity contribution in [2.75, 3.05) is 5.32 Å². The highest BCUT2D eigenvalue weighted by Crippen LogP contribution is 2.27. The first kappa shape index (κ1) is 15.1. The van der Waals surface area contributed by atoms with E-state index in [1.165, 1.54) is 12.1 Å². The van der Waals surface area contributed by atoms with Crippen LogP contribution in [0.2, 0.25) is 0 Å². The van der Waals surface area contributed by atoms with E-state index in [-0.39, 0.29) is 16.7 Å². The zero-order chi connectivity index (χ0) is 15.6. The fraction of sp³-hybridized carbons (Fsp3) is 0.286. The van der Waals surface area contributed by atoms with Gasteiger partial charge in [-0.15, -0.1) is 5.10 Å². The van der Waals surface area contributed by atoms with Crippen LogP contribution in [0.15, 0.2) is 18.2 Å². The van der Waals surface area contributed by atoms with Crippen LogP contribution < -0.4 is 5.32 Å². The number of hydrogen-bond acceptors (Lipinski definition) is 5. The van der Waals surface area contributed by atoms with Gasteiger partial charge < -0.3 is 5.32 Å².